The third-order valence-electron chi connectivity index (χ3n) is 3.48. The zero-order chi connectivity index (χ0) is 14.2. The number of hydrogen-bond acceptors (Lipinski definition) is 4. The molecular formula is C15H26Cl2N4O. The Bertz CT molecular complexity index is 413. The number of halogens is 2. The molecule has 0 atom stereocenters. The number of para-hydroxylation sites is 1. The first kappa shape index (κ1) is 21.1. The number of likely N-dealkylation sites (N-methyl/N-ethyl adjacent to an activating group) is 1. The molecule has 22 heavy (non-hydrogen) atoms. The van der Waals surface area contributed by atoms with Gasteiger partial charge in [0.1, 0.15) is 0 Å². The van der Waals surface area contributed by atoms with E-state index in [2.05, 4.69) is 20.4 Å². The van der Waals surface area contributed by atoms with Crippen LogP contribution in [0.5, 0.6) is 0 Å². The normalized spacial score (nSPS) is 14.8. The molecule has 5 nitrogen and oxygen atoms in total. The minimum Gasteiger partial charge on any atom is -0.325 e. The zero-order valence-electron chi connectivity index (χ0n) is 13.0. The molecule has 1 aromatic carbocycles. The van der Waals surface area contributed by atoms with Crippen molar-refractivity contribution in [2.24, 2.45) is 0 Å². The number of nitrogens with zero attached hydrogens (tertiary/aromatic N) is 2. The van der Waals surface area contributed by atoms with Crippen molar-refractivity contribution >= 4 is 36.4 Å². The van der Waals surface area contributed by atoms with Crippen LogP contribution in [0.1, 0.15) is 0 Å². The number of amides is 1. The van der Waals surface area contributed by atoms with E-state index in [9.17, 15) is 4.79 Å². The van der Waals surface area contributed by atoms with E-state index in [1.807, 2.05) is 37.4 Å². The lowest BCUT2D eigenvalue weighted by molar-refractivity contribution is -0.117. The second-order valence-corrected chi connectivity index (χ2v) is 5.24. The van der Waals surface area contributed by atoms with Gasteiger partial charge in [0.2, 0.25) is 5.91 Å². The molecule has 0 unspecified atom stereocenters. The van der Waals surface area contributed by atoms with E-state index < -0.39 is 0 Å². The van der Waals surface area contributed by atoms with Crippen LogP contribution in [0.2, 0.25) is 0 Å². The van der Waals surface area contributed by atoms with Gasteiger partial charge in [-0.2, -0.15) is 0 Å². The van der Waals surface area contributed by atoms with Crippen molar-refractivity contribution in [1.82, 2.24) is 15.1 Å². The minimum absolute atomic E-state index is 0. The predicted molar refractivity (Wildman–Crippen MR) is 96.4 cm³/mol. The van der Waals surface area contributed by atoms with Crippen LogP contribution in [0.4, 0.5) is 5.69 Å². The van der Waals surface area contributed by atoms with Gasteiger partial charge in [0.25, 0.3) is 0 Å². The highest BCUT2D eigenvalue weighted by molar-refractivity contribution is 5.92. The van der Waals surface area contributed by atoms with Gasteiger partial charge in [-0.1, -0.05) is 18.2 Å². The molecule has 1 amide bonds. The summed E-state index contributed by atoms with van der Waals surface area (Å²) < 4.78 is 0. The number of anilines is 1. The predicted octanol–water partition coefficient (Wildman–Crippen LogP) is 1.31. The topological polar surface area (TPSA) is 47.6 Å². The first-order chi connectivity index (χ1) is 9.74. The van der Waals surface area contributed by atoms with Crippen molar-refractivity contribution < 1.29 is 4.79 Å². The van der Waals surface area contributed by atoms with Gasteiger partial charge in [0, 0.05) is 45.0 Å². The number of benzene rings is 1. The molecule has 2 N–H and O–H groups in total. The number of carbonyl (C=O) groups is 1. The summed E-state index contributed by atoms with van der Waals surface area (Å²) in [5.74, 6) is 0.0408. The fraction of sp³-hybridized carbons (Fsp3) is 0.533. The summed E-state index contributed by atoms with van der Waals surface area (Å²) in [6.07, 6.45) is 0. The smallest absolute Gasteiger partial charge is 0.238 e. The summed E-state index contributed by atoms with van der Waals surface area (Å²) in [5.41, 5.74) is 0.855. The van der Waals surface area contributed by atoms with Crippen molar-refractivity contribution in [3.8, 4) is 0 Å². The molecule has 1 saturated heterocycles. The van der Waals surface area contributed by atoms with Crippen molar-refractivity contribution in [2.75, 3.05) is 58.2 Å². The van der Waals surface area contributed by atoms with Crippen LogP contribution in [-0.2, 0) is 4.79 Å². The lowest BCUT2D eigenvalue weighted by Crippen LogP contribution is -2.46. The maximum atomic E-state index is 11.9. The second-order valence-electron chi connectivity index (χ2n) is 5.24. The average Bonchev–Trinajstić information content (AvgIpc) is 2.47. The standard InChI is InChI=1S/C15H24N4O.2ClH/c1-18(11-12-19-9-7-16-8-10-19)13-15(20)17-14-5-3-2-4-6-14;;/h2-6,16H,7-13H2,1H3,(H,17,20);2*1H. The molecule has 0 aromatic heterocycles. The van der Waals surface area contributed by atoms with Gasteiger partial charge >= 0.3 is 0 Å². The molecule has 0 saturated carbocycles. The summed E-state index contributed by atoms with van der Waals surface area (Å²) in [7, 11) is 1.99. The monoisotopic (exact) mass is 348 g/mol. The van der Waals surface area contributed by atoms with E-state index in [4.69, 9.17) is 0 Å². The molecule has 1 fully saturated rings. The molecule has 126 valence electrons. The Hall–Kier alpha value is -0.850. The molecule has 1 aliphatic rings. The Balaban J connectivity index is 0.00000220. The quantitative estimate of drug-likeness (QED) is 0.813. The van der Waals surface area contributed by atoms with Crippen LogP contribution in [0, 0.1) is 0 Å². The van der Waals surface area contributed by atoms with Gasteiger partial charge in [0.15, 0.2) is 0 Å². The Morgan fingerprint density at radius 1 is 1.23 bits per heavy atom. The molecule has 0 radical (unpaired) electrons. The maximum Gasteiger partial charge on any atom is 0.238 e. The van der Waals surface area contributed by atoms with Crippen LogP contribution < -0.4 is 10.6 Å². The van der Waals surface area contributed by atoms with E-state index in [1.54, 1.807) is 0 Å². The molecule has 0 spiro atoms. The van der Waals surface area contributed by atoms with E-state index in [-0.39, 0.29) is 30.7 Å². The zero-order valence-corrected chi connectivity index (χ0v) is 14.6. The molecule has 0 aliphatic carbocycles. The molecule has 1 heterocycles. The molecule has 0 bridgehead atoms. The van der Waals surface area contributed by atoms with E-state index in [0.717, 1.165) is 45.0 Å². The highest BCUT2D eigenvalue weighted by atomic mass is 35.5. The second kappa shape index (κ2) is 11.7. The summed E-state index contributed by atoms with van der Waals surface area (Å²) in [5, 5.41) is 6.25. The van der Waals surface area contributed by atoms with Gasteiger partial charge in [-0.25, -0.2) is 0 Å². The fourth-order valence-electron chi connectivity index (χ4n) is 2.29. The van der Waals surface area contributed by atoms with Crippen molar-refractivity contribution in [1.29, 1.82) is 0 Å². The van der Waals surface area contributed by atoms with Crippen LogP contribution in [0.25, 0.3) is 0 Å². The van der Waals surface area contributed by atoms with Crippen LogP contribution >= 0.6 is 24.8 Å². The van der Waals surface area contributed by atoms with Crippen molar-refractivity contribution in [3.63, 3.8) is 0 Å². The van der Waals surface area contributed by atoms with E-state index >= 15 is 0 Å². The Labute approximate surface area is 145 Å². The molecule has 1 aromatic rings. The average molecular weight is 349 g/mol. The van der Waals surface area contributed by atoms with Gasteiger partial charge in [-0.15, -0.1) is 24.8 Å². The lowest BCUT2D eigenvalue weighted by Gasteiger charge is -2.28. The van der Waals surface area contributed by atoms with Crippen LogP contribution in [0.15, 0.2) is 30.3 Å². The maximum absolute atomic E-state index is 11.9. The largest absolute Gasteiger partial charge is 0.325 e. The van der Waals surface area contributed by atoms with Crippen LogP contribution in [0.3, 0.4) is 0 Å². The van der Waals surface area contributed by atoms with Gasteiger partial charge < -0.3 is 10.6 Å². The fourth-order valence-corrected chi connectivity index (χ4v) is 2.29. The third kappa shape index (κ3) is 7.96. The van der Waals surface area contributed by atoms with Gasteiger partial charge in [-0.05, 0) is 19.2 Å². The van der Waals surface area contributed by atoms with Gasteiger partial charge in [-0.3, -0.25) is 14.6 Å². The Morgan fingerprint density at radius 2 is 1.86 bits per heavy atom. The number of rotatable bonds is 6. The third-order valence-corrected chi connectivity index (χ3v) is 3.48. The highest BCUT2D eigenvalue weighted by Crippen LogP contribution is 2.04. The lowest BCUT2D eigenvalue weighted by atomic mass is 10.3. The number of carbonyl (C=O) groups excluding carboxylic acids is 1. The summed E-state index contributed by atoms with van der Waals surface area (Å²) in [4.78, 5) is 16.4. The number of hydrogen-bond donors (Lipinski definition) is 2. The SMILES string of the molecule is CN(CCN1CCNCC1)CC(=O)Nc1ccccc1.Cl.Cl. The van der Waals surface area contributed by atoms with Crippen LogP contribution in [-0.4, -0.2) is 68.6 Å². The highest BCUT2D eigenvalue weighted by Gasteiger charge is 2.11. The summed E-state index contributed by atoms with van der Waals surface area (Å²) >= 11 is 0. The summed E-state index contributed by atoms with van der Waals surface area (Å²) in [6.45, 7) is 6.71. The molecular weight excluding hydrogens is 323 g/mol. The van der Waals surface area contributed by atoms with Crippen molar-refractivity contribution in [3.05, 3.63) is 30.3 Å². The molecule has 7 heteroatoms. The Kier molecular flexibility index (Phi) is 11.2. The first-order valence-corrected chi connectivity index (χ1v) is 7.20. The number of piperazine rings is 1. The number of nitrogens with one attached hydrogen (secondary N) is 2. The Morgan fingerprint density at radius 3 is 2.50 bits per heavy atom. The van der Waals surface area contributed by atoms with E-state index in [0.29, 0.717) is 6.54 Å². The van der Waals surface area contributed by atoms with E-state index in [1.165, 1.54) is 0 Å². The summed E-state index contributed by atoms with van der Waals surface area (Å²) in [6, 6.07) is 9.58. The van der Waals surface area contributed by atoms with Gasteiger partial charge in [0.05, 0.1) is 6.54 Å². The molecule has 1 aliphatic heterocycles. The molecule has 2 rings (SSSR count). The minimum atomic E-state index is 0. The van der Waals surface area contributed by atoms with Crippen molar-refractivity contribution in [2.45, 2.75) is 0 Å². The first-order valence-electron chi connectivity index (χ1n) is 7.20.